The molecular formula is C43H68O15. The number of carboxylic acid groups (broad SMARTS) is 1. The Morgan fingerprint density at radius 1 is 0.828 bits per heavy atom. The number of esters is 1. The second kappa shape index (κ2) is 15.5. The molecule has 0 amide bonds. The van der Waals surface area contributed by atoms with Gasteiger partial charge in [0.1, 0.15) is 49.3 Å². The molecule has 20 atom stereocenters. The second-order valence-electron chi connectivity index (χ2n) is 20.3. The summed E-state index contributed by atoms with van der Waals surface area (Å²) in [7, 11) is 0. The van der Waals surface area contributed by atoms with Gasteiger partial charge in [-0.3, -0.25) is 4.79 Å². The lowest BCUT2D eigenvalue weighted by Crippen LogP contribution is -2.65. The average Bonchev–Trinajstić information content (AvgIpc) is 3.74. The number of ether oxygens (including phenoxy) is 5. The van der Waals surface area contributed by atoms with E-state index in [0.717, 1.165) is 32.1 Å². The Balaban J connectivity index is 1.07. The molecule has 5 saturated carbocycles. The average molecular weight is 825 g/mol. The van der Waals surface area contributed by atoms with Gasteiger partial charge in [-0.25, -0.2) is 4.79 Å². The summed E-state index contributed by atoms with van der Waals surface area (Å²) in [6, 6.07) is 0. The Hall–Kier alpha value is -1.76. The van der Waals surface area contributed by atoms with Crippen molar-refractivity contribution in [1.82, 2.24) is 0 Å². The van der Waals surface area contributed by atoms with E-state index in [9.17, 15) is 50.4 Å². The van der Waals surface area contributed by atoms with Gasteiger partial charge in [0.05, 0.1) is 24.9 Å². The van der Waals surface area contributed by atoms with Crippen LogP contribution in [0.1, 0.15) is 106 Å². The van der Waals surface area contributed by atoms with Crippen LogP contribution in [0.2, 0.25) is 0 Å². The number of rotatable bonds is 11. The maximum atomic E-state index is 12.4. The smallest absolute Gasteiger partial charge is 0.330 e. The third-order valence-electron chi connectivity index (χ3n) is 17.3. The molecule has 15 heteroatoms. The molecule has 0 aromatic rings. The highest BCUT2D eigenvalue weighted by Crippen LogP contribution is 2.89. The van der Waals surface area contributed by atoms with Gasteiger partial charge in [-0.1, -0.05) is 40.7 Å². The molecule has 7 fully saturated rings. The van der Waals surface area contributed by atoms with Crippen molar-refractivity contribution in [3.63, 3.8) is 0 Å². The number of hydrogen-bond donors (Lipinski definition) is 8. The molecule has 330 valence electrons. The molecule has 5 aliphatic carbocycles. The Kier molecular flexibility index (Phi) is 11.9. The topological polar surface area (TPSA) is 242 Å². The molecule has 2 spiro atoms. The number of hydrogen-bond acceptors (Lipinski definition) is 14. The maximum Gasteiger partial charge on any atom is 0.330 e. The number of aliphatic carboxylic acids is 1. The molecule has 0 aromatic heterocycles. The lowest BCUT2D eigenvalue weighted by atomic mass is 9.41. The van der Waals surface area contributed by atoms with Gasteiger partial charge >= 0.3 is 11.9 Å². The van der Waals surface area contributed by atoms with E-state index in [2.05, 4.69) is 34.6 Å². The summed E-state index contributed by atoms with van der Waals surface area (Å²) in [6.07, 6.45) is -5.96. The SMILES string of the molecule is CC(=O)OCC1OC(O[C@H]2CC[C@]34C[C@]35C[C@H](O)[C@]3(C)[C@@H]([C@H](C)CC/C=C(\C)C(=O)O)C(O)C[C@@]3(C)C5CC[C@H]4C2(C)C)C(O)C(O)C1OC1OCC(O)C(O)C1O. The van der Waals surface area contributed by atoms with Crippen LogP contribution in [-0.4, -0.2) is 140 Å². The molecule has 8 N–H and O–H groups in total. The quantitative estimate of drug-likeness (QED) is 0.0845. The number of allylic oxidation sites excluding steroid dienone is 1. The predicted molar refractivity (Wildman–Crippen MR) is 204 cm³/mol. The lowest BCUT2D eigenvalue weighted by Gasteiger charge is -2.64. The van der Waals surface area contributed by atoms with Crippen molar-refractivity contribution in [2.24, 2.45) is 50.7 Å². The van der Waals surface area contributed by atoms with Crippen molar-refractivity contribution < 1.29 is 74.1 Å². The van der Waals surface area contributed by atoms with Gasteiger partial charge in [0.2, 0.25) is 0 Å². The van der Waals surface area contributed by atoms with E-state index in [1.807, 2.05) is 0 Å². The van der Waals surface area contributed by atoms with Gasteiger partial charge < -0.3 is 64.5 Å². The molecule has 2 heterocycles. The first-order valence-corrected chi connectivity index (χ1v) is 21.4. The van der Waals surface area contributed by atoms with Crippen LogP contribution in [0.25, 0.3) is 0 Å². The van der Waals surface area contributed by atoms with Crippen LogP contribution >= 0.6 is 0 Å². The Labute approximate surface area is 341 Å². The van der Waals surface area contributed by atoms with Gasteiger partial charge in [-0.2, -0.15) is 0 Å². The summed E-state index contributed by atoms with van der Waals surface area (Å²) >= 11 is 0. The van der Waals surface area contributed by atoms with E-state index in [-0.39, 0.29) is 53.3 Å². The first-order valence-electron chi connectivity index (χ1n) is 21.4. The minimum atomic E-state index is -1.66. The molecule has 11 unspecified atom stereocenters. The van der Waals surface area contributed by atoms with Crippen LogP contribution in [0, 0.1) is 50.7 Å². The van der Waals surface area contributed by atoms with Gasteiger partial charge in [-0.15, -0.1) is 0 Å². The fraction of sp³-hybridized carbons (Fsp3) is 0.907. The van der Waals surface area contributed by atoms with E-state index >= 15 is 0 Å². The van der Waals surface area contributed by atoms with Crippen molar-refractivity contribution in [2.45, 2.75) is 180 Å². The summed E-state index contributed by atoms with van der Waals surface area (Å²) in [5, 5.41) is 87.0. The fourth-order valence-corrected chi connectivity index (χ4v) is 14.3. The highest BCUT2D eigenvalue weighted by atomic mass is 16.7. The summed E-state index contributed by atoms with van der Waals surface area (Å²) in [6.45, 7) is 13.1. The maximum absolute atomic E-state index is 12.4. The van der Waals surface area contributed by atoms with E-state index in [4.69, 9.17) is 23.7 Å². The first-order chi connectivity index (χ1) is 27.1. The van der Waals surface area contributed by atoms with Crippen LogP contribution in [0.4, 0.5) is 0 Å². The van der Waals surface area contributed by atoms with Crippen LogP contribution in [0.5, 0.6) is 0 Å². The normalized spacial score (nSPS) is 51.4. The lowest BCUT2D eigenvalue weighted by molar-refractivity contribution is -0.359. The van der Waals surface area contributed by atoms with Gasteiger partial charge in [0.25, 0.3) is 0 Å². The monoisotopic (exact) mass is 824 g/mol. The summed E-state index contributed by atoms with van der Waals surface area (Å²) in [4.78, 5) is 23.2. The third kappa shape index (κ3) is 6.72. The largest absolute Gasteiger partial charge is 0.478 e. The second-order valence-corrected chi connectivity index (χ2v) is 20.3. The minimum absolute atomic E-state index is 0.0280. The molecule has 15 nitrogen and oxygen atoms in total. The standard InChI is InChI=1S/C43H68O15/c1-20(9-8-10-21(2)36(52)53)30-23(45)15-40(6)27-12-11-26-39(4,5)29(13-14-42(26)19-43(27,42)16-28(47)41(30,40)7)57-38-34(51)32(49)35(25(56-38)18-54-22(3)44)58-37-33(50)31(48)24(46)17-55-37/h10,20,23-35,37-38,45-51H,8-9,11-19H2,1-7H3,(H,52,53)/b21-10+/t20-,23?,24?,25?,26+,27?,28+,29+,30+,31?,32?,33?,34?,35?,37?,38?,40+,41-,42-,43+/m1/s1. The first kappa shape index (κ1) is 44.3. The number of carbonyl (C=O) groups is 2. The number of carbonyl (C=O) groups excluding carboxylic acids is 1. The zero-order valence-electron chi connectivity index (χ0n) is 35.0. The molecule has 0 radical (unpaired) electrons. The number of fused-ring (bicyclic) bond motifs is 2. The van der Waals surface area contributed by atoms with Crippen molar-refractivity contribution in [2.75, 3.05) is 13.2 Å². The van der Waals surface area contributed by atoms with E-state index in [0.29, 0.717) is 37.2 Å². The van der Waals surface area contributed by atoms with Crippen LogP contribution in [0.3, 0.4) is 0 Å². The van der Waals surface area contributed by atoms with Crippen LogP contribution < -0.4 is 0 Å². The summed E-state index contributed by atoms with van der Waals surface area (Å²) in [5.41, 5.74) is -1.02. The highest BCUT2D eigenvalue weighted by Gasteiger charge is 2.84. The summed E-state index contributed by atoms with van der Waals surface area (Å²) in [5.74, 6) is -1.04. The van der Waals surface area contributed by atoms with Gasteiger partial charge in [0.15, 0.2) is 12.6 Å². The minimum Gasteiger partial charge on any atom is -0.478 e. The molecule has 0 aromatic carbocycles. The molecule has 2 aliphatic heterocycles. The van der Waals surface area contributed by atoms with Crippen molar-refractivity contribution in [3.8, 4) is 0 Å². The number of carboxylic acids is 1. The molecule has 58 heavy (non-hydrogen) atoms. The van der Waals surface area contributed by atoms with Crippen molar-refractivity contribution in [3.05, 3.63) is 11.6 Å². The molecule has 0 bridgehead atoms. The number of aliphatic hydroxyl groups is 7. The Morgan fingerprint density at radius 2 is 1.50 bits per heavy atom. The van der Waals surface area contributed by atoms with Crippen molar-refractivity contribution >= 4 is 11.9 Å². The van der Waals surface area contributed by atoms with Gasteiger partial charge in [-0.05, 0) is 110 Å². The number of aliphatic hydroxyl groups excluding tert-OH is 7. The molecule has 7 rings (SSSR count). The molecule has 7 aliphatic rings. The fourth-order valence-electron chi connectivity index (χ4n) is 14.3. The zero-order valence-corrected chi connectivity index (χ0v) is 35.0. The third-order valence-corrected chi connectivity index (χ3v) is 17.3. The molecule has 2 saturated heterocycles. The Bertz CT molecular complexity index is 1590. The zero-order chi connectivity index (χ0) is 42.5. The molecular weight excluding hydrogens is 756 g/mol. The van der Waals surface area contributed by atoms with E-state index < -0.39 is 90.3 Å². The van der Waals surface area contributed by atoms with E-state index in [1.54, 1.807) is 13.0 Å². The highest BCUT2D eigenvalue weighted by molar-refractivity contribution is 5.85. The Morgan fingerprint density at radius 3 is 2.17 bits per heavy atom. The van der Waals surface area contributed by atoms with E-state index in [1.165, 1.54) is 6.92 Å². The van der Waals surface area contributed by atoms with Crippen LogP contribution in [-0.2, 0) is 33.3 Å². The predicted octanol–water partition coefficient (Wildman–Crippen LogP) is 2.03. The van der Waals surface area contributed by atoms with Crippen molar-refractivity contribution in [1.29, 1.82) is 0 Å². The summed E-state index contributed by atoms with van der Waals surface area (Å²) < 4.78 is 29.3. The van der Waals surface area contributed by atoms with Crippen LogP contribution in [0.15, 0.2) is 11.6 Å². The van der Waals surface area contributed by atoms with Gasteiger partial charge in [0, 0.05) is 17.9 Å².